The Labute approximate surface area is 171 Å². The molecular formula is C20H25ClN2O4S. The number of likely N-dealkylation sites (N-methyl/N-ethyl adjacent to an activating group) is 1. The molecule has 0 atom stereocenters. The first-order valence-electron chi connectivity index (χ1n) is 8.96. The Balaban J connectivity index is 2.49. The van der Waals surface area contributed by atoms with Crippen LogP contribution in [0, 0.1) is 6.92 Å². The number of rotatable bonds is 8. The van der Waals surface area contributed by atoms with Crippen molar-refractivity contribution in [1.29, 1.82) is 0 Å². The van der Waals surface area contributed by atoms with Crippen molar-refractivity contribution in [2.75, 3.05) is 32.1 Å². The van der Waals surface area contributed by atoms with Crippen LogP contribution in [0.4, 0.5) is 5.69 Å². The molecule has 0 radical (unpaired) electrons. The number of amides is 1. The quantitative estimate of drug-likeness (QED) is 0.698. The molecule has 8 heteroatoms. The van der Waals surface area contributed by atoms with Crippen LogP contribution in [0.15, 0.2) is 46.2 Å². The Kier molecular flexibility index (Phi) is 7.32. The van der Waals surface area contributed by atoms with Gasteiger partial charge in [-0.3, -0.25) is 4.79 Å². The van der Waals surface area contributed by atoms with Crippen LogP contribution in [-0.4, -0.2) is 46.0 Å². The first kappa shape index (κ1) is 22.0. The van der Waals surface area contributed by atoms with Gasteiger partial charge in [-0.15, -0.1) is 0 Å². The average Bonchev–Trinajstić information content (AvgIpc) is 2.67. The molecule has 2 aromatic carbocycles. The van der Waals surface area contributed by atoms with Gasteiger partial charge in [0.1, 0.15) is 15.7 Å². The van der Waals surface area contributed by atoms with Crippen molar-refractivity contribution in [3.8, 4) is 5.75 Å². The summed E-state index contributed by atoms with van der Waals surface area (Å²) < 4.78 is 31.7. The van der Waals surface area contributed by atoms with Crippen molar-refractivity contribution >= 4 is 33.0 Å². The van der Waals surface area contributed by atoms with E-state index in [0.717, 1.165) is 5.56 Å². The van der Waals surface area contributed by atoms with E-state index in [4.69, 9.17) is 16.3 Å². The molecule has 0 fully saturated rings. The zero-order valence-corrected chi connectivity index (χ0v) is 18.0. The Morgan fingerprint density at radius 3 is 2.25 bits per heavy atom. The van der Waals surface area contributed by atoms with E-state index in [1.165, 1.54) is 19.2 Å². The Morgan fingerprint density at radius 1 is 1.11 bits per heavy atom. The summed E-state index contributed by atoms with van der Waals surface area (Å²) in [7, 11) is -2.51. The molecule has 152 valence electrons. The summed E-state index contributed by atoms with van der Waals surface area (Å²) in [6.45, 7) is 6.77. The standard InChI is InChI=1S/C20H25ClN2O4S/c1-5-23(6-2)18(24)13-22-16-11-12-17(27-4)19(21)20(16)28(25,26)15-9-7-14(3)8-10-15/h7-12,22H,5-6,13H2,1-4H3. The first-order valence-corrected chi connectivity index (χ1v) is 10.8. The predicted octanol–water partition coefficient (Wildman–Crippen LogP) is 3.77. The van der Waals surface area contributed by atoms with Crippen molar-refractivity contribution in [1.82, 2.24) is 4.90 Å². The van der Waals surface area contributed by atoms with Crippen LogP contribution in [0.1, 0.15) is 19.4 Å². The van der Waals surface area contributed by atoms with Gasteiger partial charge in [0.25, 0.3) is 0 Å². The van der Waals surface area contributed by atoms with Gasteiger partial charge >= 0.3 is 0 Å². The van der Waals surface area contributed by atoms with Crippen molar-refractivity contribution in [3.63, 3.8) is 0 Å². The van der Waals surface area contributed by atoms with Gasteiger partial charge in [0.2, 0.25) is 15.7 Å². The number of halogens is 1. The molecule has 0 bridgehead atoms. The van der Waals surface area contributed by atoms with E-state index in [0.29, 0.717) is 13.1 Å². The number of ether oxygens (including phenoxy) is 1. The van der Waals surface area contributed by atoms with Crippen LogP contribution >= 0.6 is 11.6 Å². The Morgan fingerprint density at radius 2 is 1.71 bits per heavy atom. The number of benzene rings is 2. The number of nitrogens with one attached hydrogen (secondary N) is 1. The molecule has 0 aliphatic carbocycles. The van der Waals surface area contributed by atoms with Gasteiger partial charge in [-0.1, -0.05) is 29.3 Å². The third kappa shape index (κ3) is 4.59. The highest BCUT2D eigenvalue weighted by molar-refractivity contribution is 7.91. The van der Waals surface area contributed by atoms with Gasteiger partial charge in [0.15, 0.2) is 0 Å². The normalized spacial score (nSPS) is 11.2. The van der Waals surface area contributed by atoms with Crippen molar-refractivity contribution in [3.05, 3.63) is 47.0 Å². The highest BCUT2D eigenvalue weighted by atomic mass is 35.5. The fraction of sp³-hybridized carbons (Fsp3) is 0.350. The minimum atomic E-state index is -3.93. The fourth-order valence-electron chi connectivity index (χ4n) is 2.79. The third-order valence-electron chi connectivity index (χ3n) is 4.43. The second-order valence-electron chi connectivity index (χ2n) is 6.19. The van der Waals surface area contributed by atoms with E-state index >= 15 is 0 Å². The van der Waals surface area contributed by atoms with E-state index in [-0.39, 0.29) is 38.7 Å². The Hall–Kier alpha value is -2.25. The SMILES string of the molecule is CCN(CC)C(=O)CNc1ccc(OC)c(Cl)c1S(=O)(=O)c1ccc(C)cc1. The van der Waals surface area contributed by atoms with Gasteiger partial charge in [-0.25, -0.2) is 8.42 Å². The molecule has 6 nitrogen and oxygen atoms in total. The third-order valence-corrected chi connectivity index (χ3v) is 6.77. The number of hydrogen-bond acceptors (Lipinski definition) is 5. The number of anilines is 1. The van der Waals surface area contributed by atoms with E-state index in [1.54, 1.807) is 29.2 Å². The lowest BCUT2D eigenvalue weighted by Gasteiger charge is -2.20. The predicted molar refractivity (Wildman–Crippen MR) is 111 cm³/mol. The van der Waals surface area contributed by atoms with Crippen molar-refractivity contribution in [2.45, 2.75) is 30.6 Å². The molecule has 2 aromatic rings. The zero-order chi connectivity index (χ0) is 20.9. The van der Waals surface area contributed by atoms with Crippen molar-refractivity contribution < 1.29 is 17.9 Å². The second kappa shape index (κ2) is 9.30. The highest BCUT2D eigenvalue weighted by Gasteiger charge is 2.27. The lowest BCUT2D eigenvalue weighted by molar-refractivity contribution is -0.128. The number of carbonyl (C=O) groups is 1. The number of methoxy groups -OCH3 is 1. The average molecular weight is 425 g/mol. The van der Waals surface area contributed by atoms with Crippen LogP contribution in [-0.2, 0) is 14.6 Å². The van der Waals surface area contributed by atoms with Crippen LogP contribution in [0.25, 0.3) is 0 Å². The monoisotopic (exact) mass is 424 g/mol. The van der Waals surface area contributed by atoms with E-state index < -0.39 is 9.84 Å². The molecule has 1 N–H and O–H groups in total. The summed E-state index contributed by atoms with van der Waals surface area (Å²) >= 11 is 6.37. The molecule has 0 aromatic heterocycles. The highest BCUT2D eigenvalue weighted by Crippen LogP contribution is 2.39. The van der Waals surface area contributed by atoms with Crippen LogP contribution in [0.2, 0.25) is 5.02 Å². The molecular weight excluding hydrogens is 400 g/mol. The maximum atomic E-state index is 13.3. The maximum absolute atomic E-state index is 13.3. The molecule has 1 amide bonds. The summed E-state index contributed by atoms with van der Waals surface area (Å²) in [5.74, 6) is 0.114. The molecule has 0 aliphatic rings. The molecule has 0 saturated heterocycles. The molecule has 0 aliphatic heterocycles. The van der Waals surface area contributed by atoms with E-state index in [2.05, 4.69) is 5.32 Å². The van der Waals surface area contributed by atoms with Crippen molar-refractivity contribution in [2.24, 2.45) is 0 Å². The van der Waals surface area contributed by atoms with Gasteiger partial charge in [-0.2, -0.15) is 0 Å². The lowest BCUT2D eigenvalue weighted by atomic mass is 10.2. The van der Waals surface area contributed by atoms with Gasteiger partial charge in [-0.05, 0) is 45.0 Å². The van der Waals surface area contributed by atoms with Gasteiger partial charge in [0.05, 0.1) is 24.2 Å². The molecule has 0 saturated carbocycles. The number of nitrogens with zero attached hydrogens (tertiary/aromatic N) is 1. The molecule has 0 unspecified atom stereocenters. The second-order valence-corrected chi connectivity index (χ2v) is 8.46. The number of hydrogen-bond donors (Lipinski definition) is 1. The molecule has 2 rings (SSSR count). The van der Waals surface area contributed by atoms with Gasteiger partial charge in [0, 0.05) is 13.1 Å². The fourth-order valence-corrected chi connectivity index (χ4v) is 4.83. The largest absolute Gasteiger partial charge is 0.495 e. The molecule has 28 heavy (non-hydrogen) atoms. The molecule has 0 spiro atoms. The van der Waals surface area contributed by atoms with Crippen LogP contribution in [0.3, 0.4) is 0 Å². The first-order chi connectivity index (χ1) is 13.3. The maximum Gasteiger partial charge on any atom is 0.241 e. The number of aryl methyl sites for hydroxylation is 1. The topological polar surface area (TPSA) is 75.7 Å². The Bertz CT molecular complexity index is 939. The van der Waals surface area contributed by atoms with E-state index in [9.17, 15) is 13.2 Å². The summed E-state index contributed by atoms with van der Waals surface area (Å²) in [6.07, 6.45) is 0. The summed E-state index contributed by atoms with van der Waals surface area (Å²) in [6, 6.07) is 9.63. The minimum absolute atomic E-state index is 0.0247. The zero-order valence-electron chi connectivity index (χ0n) is 16.5. The van der Waals surface area contributed by atoms with Gasteiger partial charge < -0.3 is 15.0 Å². The summed E-state index contributed by atoms with van der Waals surface area (Å²) in [5.41, 5.74) is 1.20. The lowest BCUT2D eigenvalue weighted by Crippen LogP contribution is -2.35. The number of carbonyl (C=O) groups excluding carboxylic acids is 1. The van der Waals surface area contributed by atoms with Crippen LogP contribution < -0.4 is 10.1 Å². The summed E-state index contributed by atoms with van der Waals surface area (Å²) in [5, 5.41) is 2.91. The van der Waals surface area contributed by atoms with Crippen LogP contribution in [0.5, 0.6) is 5.75 Å². The molecule has 0 heterocycles. The summed E-state index contributed by atoms with van der Waals surface area (Å²) in [4.78, 5) is 14.0. The smallest absolute Gasteiger partial charge is 0.241 e. The number of sulfone groups is 1. The minimum Gasteiger partial charge on any atom is -0.495 e. The van der Waals surface area contributed by atoms with E-state index in [1.807, 2.05) is 20.8 Å².